The molecule has 1 aliphatic heterocycles. The van der Waals surface area contributed by atoms with Crippen LogP contribution in [-0.2, 0) is 9.47 Å². The van der Waals surface area contributed by atoms with Gasteiger partial charge in [-0.3, -0.25) is 4.79 Å². The number of benzene rings is 1. The number of rotatable bonds is 2. The van der Waals surface area contributed by atoms with Crippen molar-refractivity contribution in [2.45, 2.75) is 6.29 Å². The largest absolute Gasteiger partial charge is 0.346 e. The summed E-state index contributed by atoms with van der Waals surface area (Å²) in [5, 5.41) is 0. The Hall–Kier alpha value is -1.26. The minimum absolute atomic E-state index is 0.275. The Balaban J connectivity index is 2.35. The van der Waals surface area contributed by atoms with Gasteiger partial charge < -0.3 is 9.47 Å². The van der Waals surface area contributed by atoms with Gasteiger partial charge in [0.05, 0.1) is 13.2 Å². The molecule has 0 atom stereocenters. The zero-order valence-electron chi connectivity index (χ0n) is 7.40. The van der Waals surface area contributed by atoms with E-state index >= 15 is 0 Å². The van der Waals surface area contributed by atoms with Crippen LogP contribution in [0.4, 0.5) is 4.39 Å². The Bertz CT molecular complexity index is 345. The number of carbonyl (C=O) groups excluding carboxylic acids is 1. The van der Waals surface area contributed by atoms with Crippen molar-refractivity contribution in [2.24, 2.45) is 0 Å². The third-order valence-electron chi connectivity index (χ3n) is 2.05. The van der Waals surface area contributed by atoms with E-state index in [0.29, 0.717) is 25.1 Å². The highest BCUT2D eigenvalue weighted by atomic mass is 19.1. The fraction of sp³-hybridized carbons (Fsp3) is 0.300. The predicted molar refractivity (Wildman–Crippen MR) is 46.4 cm³/mol. The summed E-state index contributed by atoms with van der Waals surface area (Å²) in [4.78, 5) is 10.7. The van der Waals surface area contributed by atoms with Gasteiger partial charge in [-0.2, -0.15) is 0 Å². The van der Waals surface area contributed by atoms with Crippen LogP contribution in [-0.4, -0.2) is 19.5 Å². The standard InChI is InChI=1S/C10H9FO3/c11-8-1-2-9(7(5-8)6-12)10-13-3-4-14-10/h1-2,5-6,10H,3-4H2. The number of hydrogen-bond acceptors (Lipinski definition) is 3. The van der Waals surface area contributed by atoms with E-state index in [1.54, 1.807) is 0 Å². The van der Waals surface area contributed by atoms with Crippen LogP contribution >= 0.6 is 0 Å². The van der Waals surface area contributed by atoms with Crippen LogP contribution in [0.15, 0.2) is 18.2 Å². The fourth-order valence-electron chi connectivity index (χ4n) is 1.40. The van der Waals surface area contributed by atoms with Gasteiger partial charge in [-0.1, -0.05) is 6.07 Å². The van der Waals surface area contributed by atoms with Gasteiger partial charge in [0.1, 0.15) is 5.82 Å². The second kappa shape index (κ2) is 3.86. The molecule has 3 nitrogen and oxygen atoms in total. The maximum atomic E-state index is 12.8. The Kier molecular flexibility index (Phi) is 2.56. The first-order chi connectivity index (χ1) is 6.81. The van der Waals surface area contributed by atoms with Crippen molar-refractivity contribution in [3.8, 4) is 0 Å². The topological polar surface area (TPSA) is 35.5 Å². The molecule has 0 radical (unpaired) electrons. The molecule has 2 rings (SSSR count). The van der Waals surface area contributed by atoms with E-state index < -0.39 is 12.1 Å². The molecule has 0 N–H and O–H groups in total. The molecule has 74 valence electrons. The summed E-state index contributed by atoms with van der Waals surface area (Å²) in [7, 11) is 0. The summed E-state index contributed by atoms with van der Waals surface area (Å²) in [6.45, 7) is 1.00. The quantitative estimate of drug-likeness (QED) is 0.675. The number of halogens is 1. The molecule has 0 bridgehead atoms. The second-order valence-electron chi connectivity index (χ2n) is 2.96. The van der Waals surface area contributed by atoms with Crippen molar-refractivity contribution in [1.29, 1.82) is 0 Å². The third kappa shape index (κ3) is 1.66. The van der Waals surface area contributed by atoms with Crippen LogP contribution in [0, 0.1) is 5.82 Å². The molecule has 0 aromatic heterocycles. The number of carbonyl (C=O) groups is 1. The highest BCUT2D eigenvalue weighted by Gasteiger charge is 2.21. The summed E-state index contributed by atoms with van der Waals surface area (Å²) >= 11 is 0. The van der Waals surface area contributed by atoms with E-state index in [0.717, 1.165) is 0 Å². The van der Waals surface area contributed by atoms with Gasteiger partial charge in [-0.25, -0.2) is 4.39 Å². The molecule has 14 heavy (non-hydrogen) atoms. The number of hydrogen-bond donors (Lipinski definition) is 0. The van der Waals surface area contributed by atoms with Gasteiger partial charge >= 0.3 is 0 Å². The predicted octanol–water partition coefficient (Wildman–Crippen LogP) is 1.68. The summed E-state index contributed by atoms with van der Waals surface area (Å²) in [6.07, 6.45) is 0.0690. The zero-order chi connectivity index (χ0) is 9.97. The molecule has 1 aromatic rings. The molecule has 1 aliphatic rings. The molecule has 4 heteroatoms. The van der Waals surface area contributed by atoms with E-state index in [9.17, 15) is 9.18 Å². The van der Waals surface area contributed by atoms with Crippen LogP contribution in [0.5, 0.6) is 0 Å². The smallest absolute Gasteiger partial charge is 0.184 e. The summed E-state index contributed by atoms with van der Waals surface area (Å²) in [5.41, 5.74) is 0.857. The Morgan fingerprint density at radius 2 is 2.07 bits per heavy atom. The van der Waals surface area contributed by atoms with E-state index in [2.05, 4.69) is 0 Å². The van der Waals surface area contributed by atoms with Crippen molar-refractivity contribution < 1.29 is 18.7 Å². The molecule has 0 unspecified atom stereocenters. The van der Waals surface area contributed by atoms with Crippen LogP contribution in [0.25, 0.3) is 0 Å². The second-order valence-corrected chi connectivity index (χ2v) is 2.96. The van der Waals surface area contributed by atoms with Crippen LogP contribution in [0.1, 0.15) is 22.2 Å². The minimum Gasteiger partial charge on any atom is -0.346 e. The van der Waals surface area contributed by atoms with Gasteiger partial charge in [0.25, 0.3) is 0 Å². The van der Waals surface area contributed by atoms with Crippen molar-refractivity contribution in [3.05, 3.63) is 35.1 Å². The average Bonchev–Trinajstić information content (AvgIpc) is 2.70. The molecule has 1 heterocycles. The Morgan fingerprint density at radius 3 is 2.71 bits per heavy atom. The number of aldehydes is 1. The maximum Gasteiger partial charge on any atom is 0.184 e. The van der Waals surface area contributed by atoms with Crippen LogP contribution in [0.2, 0.25) is 0 Å². The zero-order valence-corrected chi connectivity index (χ0v) is 7.40. The van der Waals surface area contributed by atoms with E-state index in [1.807, 2.05) is 0 Å². The fourth-order valence-corrected chi connectivity index (χ4v) is 1.40. The summed E-state index contributed by atoms with van der Waals surface area (Å²) in [5.74, 6) is -0.436. The van der Waals surface area contributed by atoms with Crippen LogP contribution in [0.3, 0.4) is 0 Å². The SMILES string of the molecule is O=Cc1cc(F)ccc1C1OCCO1. The third-order valence-corrected chi connectivity index (χ3v) is 2.05. The lowest BCUT2D eigenvalue weighted by molar-refractivity contribution is -0.0444. The van der Waals surface area contributed by atoms with Crippen molar-refractivity contribution in [2.75, 3.05) is 13.2 Å². The molecule has 0 aliphatic carbocycles. The summed E-state index contributed by atoms with van der Waals surface area (Å²) < 4.78 is 23.2. The first kappa shape index (κ1) is 9.30. The van der Waals surface area contributed by atoms with Crippen LogP contribution < -0.4 is 0 Å². The molecule has 1 fully saturated rings. The van der Waals surface area contributed by atoms with Gasteiger partial charge in [-0.05, 0) is 12.1 Å². The normalized spacial score (nSPS) is 17.2. The lowest BCUT2D eigenvalue weighted by Gasteiger charge is -2.11. The molecule has 0 amide bonds. The van der Waals surface area contributed by atoms with Crippen molar-refractivity contribution >= 4 is 6.29 Å². The van der Waals surface area contributed by atoms with Gasteiger partial charge in [0.15, 0.2) is 12.6 Å². The van der Waals surface area contributed by atoms with E-state index in [-0.39, 0.29) is 5.56 Å². The van der Waals surface area contributed by atoms with E-state index in [4.69, 9.17) is 9.47 Å². The molecule has 0 spiro atoms. The lowest BCUT2D eigenvalue weighted by atomic mass is 10.1. The monoisotopic (exact) mass is 196 g/mol. The molecule has 1 aromatic carbocycles. The minimum atomic E-state index is -0.532. The molecular weight excluding hydrogens is 187 g/mol. The molecular formula is C10H9FO3. The average molecular weight is 196 g/mol. The summed E-state index contributed by atoms with van der Waals surface area (Å²) in [6, 6.07) is 3.97. The Labute approximate surface area is 80.4 Å². The first-order valence-corrected chi connectivity index (χ1v) is 4.29. The number of ether oxygens (including phenoxy) is 2. The molecule has 1 saturated heterocycles. The molecule has 0 saturated carbocycles. The van der Waals surface area contributed by atoms with Crippen molar-refractivity contribution in [3.63, 3.8) is 0 Å². The lowest BCUT2D eigenvalue weighted by Crippen LogP contribution is -2.02. The van der Waals surface area contributed by atoms with Gasteiger partial charge in [0, 0.05) is 11.1 Å². The van der Waals surface area contributed by atoms with Crippen molar-refractivity contribution in [1.82, 2.24) is 0 Å². The highest BCUT2D eigenvalue weighted by Crippen LogP contribution is 2.25. The van der Waals surface area contributed by atoms with Gasteiger partial charge in [0.2, 0.25) is 0 Å². The highest BCUT2D eigenvalue weighted by molar-refractivity contribution is 5.77. The van der Waals surface area contributed by atoms with Gasteiger partial charge in [-0.15, -0.1) is 0 Å². The Morgan fingerprint density at radius 1 is 1.36 bits per heavy atom. The first-order valence-electron chi connectivity index (χ1n) is 4.29. The van der Waals surface area contributed by atoms with E-state index in [1.165, 1.54) is 18.2 Å². The maximum absolute atomic E-state index is 12.8.